The summed E-state index contributed by atoms with van der Waals surface area (Å²) in [6.07, 6.45) is 0. The average molecular weight is 354 g/mol. The molecule has 0 saturated heterocycles. The van der Waals surface area contributed by atoms with Gasteiger partial charge in [0.2, 0.25) is 0 Å². The number of para-hydroxylation sites is 1. The fourth-order valence-corrected chi connectivity index (χ4v) is 2.58. The molecule has 1 nitrogen and oxygen atoms in total. The molecule has 112 valence electrons. The van der Waals surface area contributed by atoms with Gasteiger partial charge in [0.15, 0.2) is 0 Å². The van der Waals surface area contributed by atoms with E-state index >= 15 is 0 Å². The Morgan fingerprint density at radius 2 is 1.71 bits per heavy atom. The van der Waals surface area contributed by atoms with E-state index in [4.69, 9.17) is 0 Å². The number of benzene rings is 2. The Balaban J connectivity index is 2.28. The van der Waals surface area contributed by atoms with Crippen molar-refractivity contribution >= 4 is 21.6 Å². The van der Waals surface area contributed by atoms with Crippen molar-refractivity contribution in [2.24, 2.45) is 0 Å². The largest absolute Gasteiger partial charge is 0.381 e. The van der Waals surface area contributed by atoms with Crippen LogP contribution in [0.15, 0.2) is 40.9 Å². The number of hydrogen-bond donors (Lipinski definition) is 1. The average Bonchev–Trinajstić information content (AvgIpc) is 2.42. The minimum absolute atomic E-state index is 0.0353. The van der Waals surface area contributed by atoms with E-state index in [0.717, 1.165) is 11.3 Å². The zero-order valence-corrected chi connectivity index (χ0v) is 13.9. The Bertz CT molecular complexity index is 648. The monoisotopic (exact) mass is 353 g/mol. The Morgan fingerprint density at radius 1 is 1.05 bits per heavy atom. The molecule has 0 amide bonds. The minimum atomic E-state index is -0.560. The summed E-state index contributed by atoms with van der Waals surface area (Å²) in [6.45, 7) is 6.42. The van der Waals surface area contributed by atoms with Gasteiger partial charge in [0.1, 0.15) is 11.6 Å². The molecule has 0 heterocycles. The molecular formula is C17H18BrF2N. The zero-order chi connectivity index (χ0) is 15.6. The molecule has 0 aromatic heterocycles. The van der Waals surface area contributed by atoms with Gasteiger partial charge in [-0.3, -0.25) is 0 Å². The van der Waals surface area contributed by atoms with Crippen LogP contribution in [0.25, 0.3) is 0 Å². The molecule has 21 heavy (non-hydrogen) atoms. The summed E-state index contributed by atoms with van der Waals surface area (Å²) in [4.78, 5) is 0. The number of anilines is 1. The Morgan fingerprint density at radius 3 is 2.38 bits per heavy atom. The fourth-order valence-electron chi connectivity index (χ4n) is 2.21. The van der Waals surface area contributed by atoms with Gasteiger partial charge in [0, 0.05) is 17.8 Å². The molecule has 2 aromatic rings. The van der Waals surface area contributed by atoms with Crippen molar-refractivity contribution in [3.05, 3.63) is 63.6 Å². The second-order valence-electron chi connectivity index (χ2n) is 5.97. The molecule has 0 saturated carbocycles. The first-order valence-corrected chi connectivity index (χ1v) is 7.56. The fraction of sp³-hybridized carbons (Fsp3) is 0.294. The van der Waals surface area contributed by atoms with E-state index in [1.165, 1.54) is 12.1 Å². The topological polar surface area (TPSA) is 12.0 Å². The van der Waals surface area contributed by atoms with E-state index in [1.54, 1.807) is 0 Å². The van der Waals surface area contributed by atoms with Crippen LogP contribution < -0.4 is 5.32 Å². The molecule has 2 rings (SSSR count). The first-order chi connectivity index (χ1) is 9.80. The lowest BCUT2D eigenvalue weighted by molar-refractivity contribution is 0.555. The molecule has 1 N–H and O–H groups in total. The van der Waals surface area contributed by atoms with Crippen LogP contribution >= 0.6 is 15.9 Å². The minimum Gasteiger partial charge on any atom is -0.381 e. The van der Waals surface area contributed by atoms with Gasteiger partial charge in [0.05, 0.1) is 4.47 Å². The summed E-state index contributed by atoms with van der Waals surface area (Å²) in [5.41, 5.74) is 2.00. The van der Waals surface area contributed by atoms with Gasteiger partial charge in [-0.1, -0.05) is 39.0 Å². The van der Waals surface area contributed by atoms with Crippen LogP contribution in [-0.4, -0.2) is 0 Å². The summed E-state index contributed by atoms with van der Waals surface area (Å²) < 4.78 is 28.0. The predicted molar refractivity (Wildman–Crippen MR) is 86.5 cm³/mol. The van der Waals surface area contributed by atoms with Crippen molar-refractivity contribution < 1.29 is 8.78 Å². The van der Waals surface area contributed by atoms with Gasteiger partial charge in [-0.2, -0.15) is 0 Å². The first-order valence-electron chi connectivity index (χ1n) is 6.76. The van der Waals surface area contributed by atoms with Gasteiger partial charge < -0.3 is 5.32 Å². The van der Waals surface area contributed by atoms with Crippen LogP contribution in [0.3, 0.4) is 0 Å². The van der Waals surface area contributed by atoms with Crippen LogP contribution in [0.2, 0.25) is 0 Å². The molecule has 0 radical (unpaired) electrons. The summed E-state index contributed by atoms with van der Waals surface area (Å²) in [7, 11) is 0. The third-order valence-corrected chi connectivity index (χ3v) is 3.94. The van der Waals surface area contributed by atoms with Crippen LogP contribution in [0.4, 0.5) is 14.5 Å². The highest BCUT2D eigenvalue weighted by molar-refractivity contribution is 9.10. The highest BCUT2D eigenvalue weighted by Gasteiger charge is 2.18. The number of halogens is 3. The van der Waals surface area contributed by atoms with Gasteiger partial charge in [0.25, 0.3) is 0 Å². The lowest BCUT2D eigenvalue weighted by Crippen LogP contribution is -2.15. The Hall–Kier alpha value is -1.42. The molecule has 0 aliphatic rings. The number of nitrogens with one attached hydrogen (secondary N) is 1. The lowest BCUT2D eigenvalue weighted by Gasteiger charge is -2.23. The molecule has 0 bridgehead atoms. The smallest absolute Gasteiger partial charge is 0.145 e. The molecule has 0 atom stereocenters. The molecule has 0 aliphatic heterocycles. The van der Waals surface area contributed by atoms with Crippen molar-refractivity contribution in [1.29, 1.82) is 0 Å². The number of hydrogen-bond acceptors (Lipinski definition) is 1. The molecular weight excluding hydrogens is 336 g/mol. The normalized spacial score (nSPS) is 11.5. The zero-order valence-electron chi connectivity index (χ0n) is 12.3. The van der Waals surface area contributed by atoms with Gasteiger partial charge in [-0.25, -0.2) is 8.78 Å². The number of rotatable bonds is 3. The lowest BCUT2D eigenvalue weighted by atomic mass is 9.86. The maximum atomic E-state index is 14.0. The molecule has 0 unspecified atom stereocenters. The standard InChI is InChI=1S/C17H18BrF2N/c1-17(2,3)12-6-4-5-7-15(12)21-10-11-14(19)9-8-13(18)16(11)20/h4-9,21H,10H2,1-3H3. The maximum Gasteiger partial charge on any atom is 0.145 e. The Labute approximate surface area is 132 Å². The van der Waals surface area contributed by atoms with E-state index in [2.05, 4.69) is 42.0 Å². The summed E-state index contributed by atoms with van der Waals surface area (Å²) in [6, 6.07) is 10.5. The van der Waals surface area contributed by atoms with Gasteiger partial charge >= 0.3 is 0 Å². The summed E-state index contributed by atoms with van der Waals surface area (Å²) in [5.74, 6) is -1.10. The highest BCUT2D eigenvalue weighted by Crippen LogP contribution is 2.30. The SMILES string of the molecule is CC(C)(C)c1ccccc1NCc1c(F)ccc(Br)c1F. The van der Waals surface area contributed by atoms with E-state index in [-0.39, 0.29) is 22.0 Å². The second kappa shape index (κ2) is 6.14. The molecule has 0 aliphatic carbocycles. The summed E-state index contributed by atoms with van der Waals surface area (Å²) >= 11 is 3.08. The van der Waals surface area contributed by atoms with E-state index in [9.17, 15) is 8.78 Å². The Kier molecular flexibility index (Phi) is 4.67. The van der Waals surface area contributed by atoms with Crippen molar-refractivity contribution in [2.45, 2.75) is 32.7 Å². The predicted octanol–water partition coefficient (Wildman–Crippen LogP) is 5.64. The highest BCUT2D eigenvalue weighted by atomic mass is 79.9. The van der Waals surface area contributed by atoms with Gasteiger partial charge in [-0.05, 0) is 45.1 Å². The van der Waals surface area contributed by atoms with Crippen molar-refractivity contribution in [3.8, 4) is 0 Å². The molecule has 4 heteroatoms. The van der Waals surface area contributed by atoms with Crippen LogP contribution in [-0.2, 0) is 12.0 Å². The van der Waals surface area contributed by atoms with Crippen LogP contribution in [0.5, 0.6) is 0 Å². The maximum absolute atomic E-state index is 14.0. The van der Waals surface area contributed by atoms with E-state index in [0.29, 0.717) is 0 Å². The van der Waals surface area contributed by atoms with Crippen LogP contribution in [0.1, 0.15) is 31.9 Å². The van der Waals surface area contributed by atoms with Crippen molar-refractivity contribution in [2.75, 3.05) is 5.32 Å². The first kappa shape index (κ1) is 16.0. The second-order valence-corrected chi connectivity index (χ2v) is 6.83. The van der Waals surface area contributed by atoms with Crippen LogP contribution in [0, 0.1) is 11.6 Å². The van der Waals surface area contributed by atoms with E-state index in [1.807, 2.05) is 24.3 Å². The summed E-state index contributed by atoms with van der Waals surface area (Å²) in [5, 5.41) is 3.14. The van der Waals surface area contributed by atoms with E-state index < -0.39 is 11.6 Å². The molecule has 0 spiro atoms. The van der Waals surface area contributed by atoms with Crippen molar-refractivity contribution in [3.63, 3.8) is 0 Å². The third kappa shape index (κ3) is 3.62. The van der Waals surface area contributed by atoms with Crippen molar-refractivity contribution in [1.82, 2.24) is 0 Å². The molecule has 2 aromatic carbocycles. The van der Waals surface area contributed by atoms with Gasteiger partial charge in [-0.15, -0.1) is 0 Å². The molecule has 0 fully saturated rings. The third-order valence-electron chi connectivity index (χ3n) is 3.33. The quantitative estimate of drug-likeness (QED) is 0.704.